The van der Waals surface area contributed by atoms with Crippen LogP contribution in [0.2, 0.25) is 0 Å². The van der Waals surface area contributed by atoms with E-state index in [0.717, 1.165) is 56.9 Å². The number of piperazine rings is 1. The number of amides is 1. The molecule has 3 rings (SSSR count). The number of pyridine rings is 1. The fraction of sp³-hybridized carbons (Fsp3) is 0.600. The Labute approximate surface area is 120 Å². The van der Waals surface area contributed by atoms with Crippen LogP contribution in [-0.4, -0.2) is 52.9 Å². The monoisotopic (exact) mass is 274 g/mol. The quantitative estimate of drug-likeness (QED) is 0.899. The fourth-order valence-electron chi connectivity index (χ4n) is 3.18. The van der Waals surface area contributed by atoms with E-state index in [1.807, 2.05) is 12.3 Å². The Balaban J connectivity index is 1.61. The highest BCUT2D eigenvalue weighted by Crippen LogP contribution is 2.23. The van der Waals surface area contributed by atoms with Crippen LogP contribution in [0.5, 0.6) is 0 Å². The largest absolute Gasteiger partial charge is 0.385 e. The summed E-state index contributed by atoms with van der Waals surface area (Å²) >= 11 is 0. The summed E-state index contributed by atoms with van der Waals surface area (Å²) in [7, 11) is 0. The van der Waals surface area contributed by atoms with Crippen molar-refractivity contribution in [2.24, 2.45) is 0 Å². The smallest absolute Gasteiger partial charge is 0.222 e. The molecule has 0 aliphatic carbocycles. The van der Waals surface area contributed by atoms with Gasteiger partial charge in [0.05, 0.1) is 5.69 Å². The predicted molar refractivity (Wildman–Crippen MR) is 78.4 cm³/mol. The number of anilines is 1. The molecule has 0 radical (unpaired) electrons. The van der Waals surface area contributed by atoms with E-state index in [1.54, 1.807) is 0 Å². The zero-order valence-corrected chi connectivity index (χ0v) is 12.0. The lowest BCUT2D eigenvalue weighted by Crippen LogP contribution is -2.51. The number of fused-ring (bicyclic) bond motifs is 1. The number of nitrogens with zero attached hydrogens (tertiary/aromatic N) is 3. The van der Waals surface area contributed by atoms with E-state index in [4.69, 9.17) is 0 Å². The third kappa shape index (κ3) is 2.77. The van der Waals surface area contributed by atoms with Crippen LogP contribution in [0.3, 0.4) is 0 Å². The van der Waals surface area contributed by atoms with Crippen LogP contribution in [-0.2, 0) is 11.3 Å². The van der Waals surface area contributed by atoms with Gasteiger partial charge >= 0.3 is 0 Å². The van der Waals surface area contributed by atoms with Gasteiger partial charge < -0.3 is 10.2 Å². The van der Waals surface area contributed by atoms with Gasteiger partial charge in [-0.2, -0.15) is 0 Å². The summed E-state index contributed by atoms with van der Waals surface area (Å²) in [5.41, 5.74) is 2.23. The van der Waals surface area contributed by atoms with Crippen molar-refractivity contribution < 1.29 is 4.79 Å². The summed E-state index contributed by atoms with van der Waals surface area (Å²) in [6.07, 6.45) is 3.61. The van der Waals surface area contributed by atoms with Crippen molar-refractivity contribution >= 4 is 11.6 Å². The molecule has 2 aliphatic heterocycles. The van der Waals surface area contributed by atoms with Crippen LogP contribution in [0.15, 0.2) is 18.3 Å². The van der Waals surface area contributed by atoms with Crippen LogP contribution >= 0.6 is 0 Å². The highest BCUT2D eigenvalue weighted by molar-refractivity contribution is 5.78. The maximum atomic E-state index is 11.7. The standard InChI is InChI=1S/C15H22N4O/c1-2-16-12-5-6-17-13(9-12)10-18-7-8-19-14(11-18)3-4-15(19)20/h5-6,9,14H,2-4,7-8,10-11H2,1H3,(H,16,17). The molecule has 1 aromatic rings. The Morgan fingerprint density at radius 1 is 1.45 bits per heavy atom. The number of carbonyl (C=O) groups is 1. The molecule has 1 atom stereocenters. The van der Waals surface area contributed by atoms with Gasteiger partial charge in [-0.1, -0.05) is 0 Å². The number of hydrogen-bond acceptors (Lipinski definition) is 4. The number of rotatable bonds is 4. The van der Waals surface area contributed by atoms with Crippen molar-refractivity contribution in [1.82, 2.24) is 14.8 Å². The second kappa shape index (κ2) is 5.79. The van der Waals surface area contributed by atoms with E-state index in [9.17, 15) is 4.79 Å². The average Bonchev–Trinajstić information content (AvgIpc) is 2.81. The lowest BCUT2D eigenvalue weighted by molar-refractivity contribution is -0.130. The normalized spacial score (nSPS) is 22.9. The minimum atomic E-state index is 0.335. The van der Waals surface area contributed by atoms with Gasteiger partial charge in [-0.15, -0.1) is 0 Å². The minimum absolute atomic E-state index is 0.335. The van der Waals surface area contributed by atoms with Gasteiger partial charge in [-0.05, 0) is 25.5 Å². The lowest BCUT2D eigenvalue weighted by atomic mass is 10.1. The molecule has 5 nitrogen and oxygen atoms in total. The van der Waals surface area contributed by atoms with E-state index in [-0.39, 0.29) is 0 Å². The molecular weight excluding hydrogens is 252 g/mol. The van der Waals surface area contributed by atoms with Gasteiger partial charge in [0.15, 0.2) is 0 Å². The van der Waals surface area contributed by atoms with Crippen molar-refractivity contribution in [1.29, 1.82) is 0 Å². The van der Waals surface area contributed by atoms with Gasteiger partial charge in [-0.25, -0.2) is 0 Å². The minimum Gasteiger partial charge on any atom is -0.385 e. The third-order valence-corrected chi connectivity index (χ3v) is 4.16. The highest BCUT2D eigenvalue weighted by atomic mass is 16.2. The van der Waals surface area contributed by atoms with Gasteiger partial charge in [0.2, 0.25) is 5.91 Å². The first-order chi connectivity index (χ1) is 9.76. The first-order valence-electron chi connectivity index (χ1n) is 7.47. The van der Waals surface area contributed by atoms with Crippen molar-refractivity contribution in [3.63, 3.8) is 0 Å². The number of carbonyl (C=O) groups excluding carboxylic acids is 1. The fourth-order valence-corrected chi connectivity index (χ4v) is 3.18. The number of nitrogens with one attached hydrogen (secondary N) is 1. The van der Waals surface area contributed by atoms with E-state index in [2.05, 4.69) is 33.1 Å². The molecule has 0 aromatic carbocycles. The molecule has 20 heavy (non-hydrogen) atoms. The van der Waals surface area contributed by atoms with Crippen LogP contribution < -0.4 is 5.32 Å². The molecule has 1 aromatic heterocycles. The lowest BCUT2D eigenvalue weighted by Gasteiger charge is -2.37. The molecule has 0 spiro atoms. The summed E-state index contributed by atoms with van der Waals surface area (Å²) in [6, 6.07) is 4.55. The van der Waals surface area contributed by atoms with E-state index >= 15 is 0 Å². The van der Waals surface area contributed by atoms with Gasteiger partial charge in [0, 0.05) is 57.1 Å². The third-order valence-electron chi connectivity index (χ3n) is 4.16. The first-order valence-corrected chi connectivity index (χ1v) is 7.47. The zero-order valence-electron chi connectivity index (χ0n) is 12.0. The molecular formula is C15H22N4O. The summed E-state index contributed by atoms with van der Waals surface area (Å²) in [6.45, 7) is 6.70. The predicted octanol–water partition coefficient (Wildman–Crippen LogP) is 1.32. The van der Waals surface area contributed by atoms with Crippen molar-refractivity contribution in [3.05, 3.63) is 24.0 Å². The molecule has 0 saturated carbocycles. The van der Waals surface area contributed by atoms with Gasteiger partial charge in [-0.3, -0.25) is 14.7 Å². The SMILES string of the molecule is CCNc1ccnc(CN2CCN3C(=O)CCC3C2)c1. The maximum Gasteiger partial charge on any atom is 0.222 e. The Hall–Kier alpha value is -1.62. The van der Waals surface area contributed by atoms with Gasteiger partial charge in [0.25, 0.3) is 0 Å². The van der Waals surface area contributed by atoms with E-state index in [0.29, 0.717) is 11.9 Å². The van der Waals surface area contributed by atoms with Crippen LogP contribution in [0.1, 0.15) is 25.5 Å². The van der Waals surface area contributed by atoms with Crippen LogP contribution in [0.4, 0.5) is 5.69 Å². The second-order valence-corrected chi connectivity index (χ2v) is 5.58. The Bertz CT molecular complexity index is 491. The second-order valence-electron chi connectivity index (χ2n) is 5.58. The summed E-state index contributed by atoms with van der Waals surface area (Å²) < 4.78 is 0. The Morgan fingerprint density at radius 3 is 3.20 bits per heavy atom. The van der Waals surface area contributed by atoms with Crippen LogP contribution in [0, 0.1) is 0 Å². The van der Waals surface area contributed by atoms with E-state index < -0.39 is 0 Å². The number of hydrogen-bond donors (Lipinski definition) is 1. The molecule has 3 heterocycles. The van der Waals surface area contributed by atoms with Crippen molar-refractivity contribution in [2.45, 2.75) is 32.4 Å². The van der Waals surface area contributed by atoms with Crippen molar-refractivity contribution in [2.75, 3.05) is 31.5 Å². The molecule has 1 unspecified atom stereocenters. The maximum absolute atomic E-state index is 11.7. The Morgan fingerprint density at radius 2 is 2.35 bits per heavy atom. The average molecular weight is 274 g/mol. The van der Waals surface area contributed by atoms with Gasteiger partial charge in [0.1, 0.15) is 0 Å². The topological polar surface area (TPSA) is 48.5 Å². The summed E-state index contributed by atoms with van der Waals surface area (Å²) in [4.78, 5) is 20.6. The molecule has 2 aliphatic rings. The number of aromatic nitrogens is 1. The molecule has 2 fully saturated rings. The molecule has 108 valence electrons. The molecule has 1 N–H and O–H groups in total. The molecule has 5 heteroatoms. The summed E-state index contributed by atoms with van der Waals surface area (Å²) in [5.74, 6) is 0.335. The molecule has 1 amide bonds. The summed E-state index contributed by atoms with van der Waals surface area (Å²) in [5, 5.41) is 3.32. The first kappa shape index (κ1) is 13.4. The molecule has 2 saturated heterocycles. The molecule has 0 bridgehead atoms. The van der Waals surface area contributed by atoms with Crippen LogP contribution in [0.25, 0.3) is 0 Å². The Kier molecular flexibility index (Phi) is 3.87. The zero-order chi connectivity index (χ0) is 13.9. The van der Waals surface area contributed by atoms with E-state index in [1.165, 1.54) is 0 Å². The highest BCUT2D eigenvalue weighted by Gasteiger charge is 2.35. The van der Waals surface area contributed by atoms with Crippen molar-refractivity contribution in [3.8, 4) is 0 Å².